The van der Waals surface area contributed by atoms with E-state index in [9.17, 15) is 0 Å². The molecule has 5 aromatic heterocycles. The lowest BCUT2D eigenvalue weighted by molar-refractivity contribution is 0.645. The molecule has 0 aliphatic carbocycles. The summed E-state index contributed by atoms with van der Waals surface area (Å²) in [5.74, 6) is 0.810. The van der Waals surface area contributed by atoms with Crippen LogP contribution in [0.25, 0.3) is 109 Å². The maximum absolute atomic E-state index is 6.56. The predicted octanol–water partition coefficient (Wildman–Crippen LogP) is 12.6. The first-order valence-electron chi connectivity index (χ1n) is 17.4. The first-order chi connectivity index (χ1) is 25.8. The summed E-state index contributed by atoms with van der Waals surface area (Å²) in [6.07, 6.45) is 1.90. The van der Waals surface area contributed by atoms with Crippen LogP contribution in [0.2, 0.25) is 0 Å². The Labute approximate surface area is 300 Å². The van der Waals surface area contributed by atoms with Crippen LogP contribution in [0.15, 0.2) is 162 Å². The van der Waals surface area contributed by atoms with Gasteiger partial charge in [0.15, 0.2) is 5.82 Å². The molecule has 0 aliphatic rings. The Morgan fingerprint density at radius 2 is 1.17 bits per heavy atom. The van der Waals surface area contributed by atoms with Gasteiger partial charge >= 0.3 is 0 Å². The van der Waals surface area contributed by atoms with Crippen LogP contribution in [0.1, 0.15) is 0 Å². The van der Waals surface area contributed by atoms with E-state index in [-0.39, 0.29) is 0 Å². The second-order valence-corrected chi connectivity index (χ2v) is 14.5. The second-order valence-electron chi connectivity index (χ2n) is 13.4. The lowest BCUT2D eigenvalue weighted by atomic mass is 10.00. The summed E-state index contributed by atoms with van der Waals surface area (Å²) >= 11 is 1.86. The summed E-state index contributed by atoms with van der Waals surface area (Å²) in [7, 11) is 0. The Kier molecular flexibility index (Phi) is 5.59. The number of para-hydroxylation sites is 4. The topological polar surface area (TPSA) is 48.8 Å². The average Bonchev–Trinajstić information content (AvgIpc) is 3.94. The molecule has 0 spiro atoms. The van der Waals surface area contributed by atoms with Gasteiger partial charge in [0, 0.05) is 47.4 Å². The Balaban J connectivity index is 1.15. The molecule has 6 heteroatoms. The fourth-order valence-electron chi connectivity index (χ4n) is 8.27. The number of rotatable bonds is 3. The van der Waals surface area contributed by atoms with E-state index in [2.05, 4.69) is 130 Å². The summed E-state index contributed by atoms with van der Waals surface area (Å²) in [6, 6.07) is 53.8. The van der Waals surface area contributed by atoms with Gasteiger partial charge < -0.3 is 4.42 Å². The van der Waals surface area contributed by atoms with E-state index in [1.165, 1.54) is 36.3 Å². The summed E-state index contributed by atoms with van der Waals surface area (Å²) in [5.41, 5.74) is 10.3. The summed E-state index contributed by atoms with van der Waals surface area (Å²) < 4.78 is 13.7. The van der Waals surface area contributed by atoms with Gasteiger partial charge in [-0.2, -0.15) is 0 Å². The molecule has 12 rings (SSSR count). The van der Waals surface area contributed by atoms with Crippen molar-refractivity contribution in [3.63, 3.8) is 0 Å². The minimum Gasteiger partial charge on any atom is -0.439 e. The molecule has 52 heavy (non-hydrogen) atoms. The molecule has 0 unspecified atom stereocenters. The van der Waals surface area contributed by atoms with Gasteiger partial charge in [-0.1, -0.05) is 84.9 Å². The molecule has 7 aromatic carbocycles. The number of nitrogens with zero attached hydrogens (tertiary/aromatic N) is 4. The smallest absolute Gasteiger partial charge is 0.213 e. The highest BCUT2D eigenvalue weighted by molar-refractivity contribution is 7.26. The number of hydrogen-bond donors (Lipinski definition) is 0. The highest BCUT2D eigenvalue weighted by Gasteiger charge is 2.22. The molecule has 0 saturated heterocycles. The van der Waals surface area contributed by atoms with Crippen LogP contribution in [-0.2, 0) is 0 Å². The van der Waals surface area contributed by atoms with Crippen molar-refractivity contribution in [1.82, 2.24) is 19.1 Å². The molecule has 0 radical (unpaired) electrons. The first kappa shape index (κ1) is 28.0. The Morgan fingerprint density at radius 1 is 0.500 bits per heavy atom. The van der Waals surface area contributed by atoms with Crippen molar-refractivity contribution < 1.29 is 4.42 Å². The molecule has 12 aromatic rings. The number of furan rings is 1. The molecule has 0 amide bonds. The zero-order chi connectivity index (χ0) is 33.9. The largest absolute Gasteiger partial charge is 0.439 e. The van der Waals surface area contributed by atoms with Gasteiger partial charge in [-0.05, 0) is 77.9 Å². The summed E-state index contributed by atoms with van der Waals surface area (Å²) in [4.78, 5) is 9.94. The number of thiophene rings is 1. The third kappa shape index (κ3) is 3.81. The number of aromatic nitrogens is 4. The molecule has 242 valence electrons. The first-order valence-corrected chi connectivity index (χ1v) is 18.2. The standard InChI is InChI=1S/C46H26N4OS/c1-2-10-29(11-3-1)49-37-21-18-27(24-33(37)43-32-13-4-8-16-40(32)51-46(43)49)28-19-22-38-34(25-28)44-39(23-20-31-30-12-5-9-17-41(30)52-45(31)44)50(38)42-26-47-35-14-6-7-15-36(35)48-42/h1-26H. The molecule has 0 saturated carbocycles. The van der Waals surface area contributed by atoms with Crippen LogP contribution in [-0.4, -0.2) is 19.1 Å². The maximum atomic E-state index is 6.56. The van der Waals surface area contributed by atoms with Gasteiger partial charge in [0.25, 0.3) is 0 Å². The molecular weight excluding hydrogens is 657 g/mol. The van der Waals surface area contributed by atoms with Gasteiger partial charge in [-0.3, -0.25) is 14.1 Å². The lowest BCUT2D eigenvalue weighted by Gasteiger charge is -2.09. The second kappa shape index (κ2) is 10.4. The van der Waals surface area contributed by atoms with E-state index < -0.39 is 0 Å². The van der Waals surface area contributed by atoms with Crippen LogP contribution in [0.5, 0.6) is 0 Å². The van der Waals surface area contributed by atoms with Crippen molar-refractivity contribution in [3.05, 3.63) is 158 Å². The highest BCUT2D eigenvalue weighted by Crippen LogP contribution is 2.45. The molecule has 5 heterocycles. The fraction of sp³-hybridized carbons (Fsp3) is 0. The molecular formula is C46H26N4OS. The average molecular weight is 683 g/mol. The fourth-order valence-corrected chi connectivity index (χ4v) is 9.53. The van der Waals surface area contributed by atoms with Crippen molar-refractivity contribution in [1.29, 1.82) is 0 Å². The van der Waals surface area contributed by atoms with E-state index in [1.54, 1.807) is 0 Å². The molecule has 0 aliphatic heterocycles. The van der Waals surface area contributed by atoms with Crippen molar-refractivity contribution in [3.8, 4) is 22.6 Å². The zero-order valence-electron chi connectivity index (χ0n) is 27.6. The van der Waals surface area contributed by atoms with E-state index in [0.29, 0.717) is 0 Å². The van der Waals surface area contributed by atoms with Crippen molar-refractivity contribution in [2.24, 2.45) is 0 Å². The van der Waals surface area contributed by atoms with E-state index >= 15 is 0 Å². The van der Waals surface area contributed by atoms with Crippen LogP contribution >= 0.6 is 11.3 Å². The van der Waals surface area contributed by atoms with E-state index in [1.807, 2.05) is 47.9 Å². The third-order valence-corrected chi connectivity index (χ3v) is 11.8. The minimum atomic E-state index is 0.810. The van der Waals surface area contributed by atoms with E-state index in [0.717, 1.165) is 72.3 Å². The van der Waals surface area contributed by atoms with Gasteiger partial charge in [0.05, 0.1) is 39.2 Å². The van der Waals surface area contributed by atoms with Gasteiger partial charge in [0.1, 0.15) is 5.58 Å². The molecule has 0 bridgehead atoms. The molecule has 0 fully saturated rings. The predicted molar refractivity (Wildman–Crippen MR) is 216 cm³/mol. The summed E-state index contributed by atoms with van der Waals surface area (Å²) in [5, 5.41) is 8.43. The van der Waals surface area contributed by atoms with Crippen LogP contribution < -0.4 is 0 Å². The quantitative estimate of drug-likeness (QED) is 0.186. The van der Waals surface area contributed by atoms with Crippen molar-refractivity contribution >= 4 is 97.3 Å². The van der Waals surface area contributed by atoms with Crippen molar-refractivity contribution in [2.75, 3.05) is 0 Å². The summed E-state index contributed by atoms with van der Waals surface area (Å²) in [6.45, 7) is 0. The number of benzene rings is 7. The Morgan fingerprint density at radius 3 is 2.02 bits per heavy atom. The van der Waals surface area contributed by atoms with Gasteiger partial charge in [0.2, 0.25) is 5.71 Å². The van der Waals surface area contributed by atoms with E-state index in [4.69, 9.17) is 14.4 Å². The molecule has 0 atom stereocenters. The van der Waals surface area contributed by atoms with Crippen molar-refractivity contribution in [2.45, 2.75) is 0 Å². The number of fused-ring (bicyclic) bond motifs is 13. The van der Waals surface area contributed by atoms with Crippen LogP contribution in [0, 0.1) is 0 Å². The zero-order valence-corrected chi connectivity index (χ0v) is 28.4. The van der Waals surface area contributed by atoms with Gasteiger partial charge in [-0.15, -0.1) is 11.3 Å². The minimum absolute atomic E-state index is 0.810. The maximum Gasteiger partial charge on any atom is 0.213 e. The Hall–Kier alpha value is -6.76. The molecule has 0 N–H and O–H groups in total. The third-order valence-electron chi connectivity index (χ3n) is 10.6. The van der Waals surface area contributed by atoms with Crippen LogP contribution in [0.4, 0.5) is 0 Å². The van der Waals surface area contributed by atoms with Gasteiger partial charge in [-0.25, -0.2) is 4.98 Å². The normalized spacial score (nSPS) is 12.2. The van der Waals surface area contributed by atoms with Crippen LogP contribution in [0.3, 0.4) is 0 Å². The highest BCUT2D eigenvalue weighted by atomic mass is 32.1. The number of hydrogen-bond acceptors (Lipinski definition) is 4. The Bertz CT molecular complexity index is 3420. The molecule has 5 nitrogen and oxygen atoms in total. The SMILES string of the molecule is c1ccc(-n2c3ccc(-c4ccc5c(c4)c4c6sc7ccccc7c6ccc4n5-c4cnc5ccccc5n4)cc3c3c4ccccc4oc32)cc1. The monoisotopic (exact) mass is 682 g/mol. The lowest BCUT2D eigenvalue weighted by Crippen LogP contribution is -1.99.